The fourth-order valence-corrected chi connectivity index (χ4v) is 1.64. The minimum Gasteiger partial charge on any atom is -0.219 e. The molecule has 0 spiro atoms. The van der Waals surface area contributed by atoms with Crippen molar-refractivity contribution in [3.63, 3.8) is 0 Å². The number of alkyl halides is 6. The van der Waals surface area contributed by atoms with Gasteiger partial charge in [0.2, 0.25) is 5.82 Å². The van der Waals surface area contributed by atoms with Crippen LogP contribution in [0.4, 0.5) is 26.3 Å². The highest BCUT2D eigenvalue weighted by molar-refractivity contribution is 6.41. The van der Waals surface area contributed by atoms with Crippen LogP contribution in [0.5, 0.6) is 0 Å². The molecule has 0 aromatic carbocycles. The lowest BCUT2D eigenvalue weighted by molar-refractivity contribution is -0.151. The molecule has 11 heteroatoms. The molecule has 20 heavy (non-hydrogen) atoms. The Morgan fingerprint density at radius 1 is 0.850 bits per heavy atom. The van der Waals surface area contributed by atoms with Gasteiger partial charge in [-0.15, -0.1) is 0 Å². The van der Waals surface area contributed by atoms with E-state index in [4.69, 9.17) is 23.2 Å². The van der Waals surface area contributed by atoms with Gasteiger partial charge >= 0.3 is 12.4 Å². The molecule has 0 aliphatic heterocycles. The van der Waals surface area contributed by atoms with Crippen molar-refractivity contribution in [3.05, 3.63) is 27.8 Å². The van der Waals surface area contributed by atoms with Gasteiger partial charge in [0, 0.05) is 0 Å². The number of rotatable bonds is 0. The second-order valence-electron chi connectivity index (χ2n) is 3.52. The van der Waals surface area contributed by atoms with Gasteiger partial charge in [0.05, 0.1) is 10.4 Å². The molecule has 3 nitrogen and oxygen atoms in total. The number of pyridine rings is 1. The predicted molar refractivity (Wildman–Crippen MR) is 57.4 cm³/mol. The molecule has 2 aromatic heterocycles. The fraction of sp³-hybridized carbons (Fsp3) is 0.222. The van der Waals surface area contributed by atoms with Gasteiger partial charge in [0.1, 0.15) is 5.15 Å². The van der Waals surface area contributed by atoms with Crippen LogP contribution in [0.1, 0.15) is 11.5 Å². The summed E-state index contributed by atoms with van der Waals surface area (Å²) in [7, 11) is 0. The van der Waals surface area contributed by atoms with Crippen LogP contribution >= 0.6 is 23.2 Å². The highest BCUT2D eigenvalue weighted by Crippen LogP contribution is 2.37. The number of fused-ring (bicyclic) bond motifs is 1. The largest absolute Gasteiger partial charge is 0.451 e. The van der Waals surface area contributed by atoms with Gasteiger partial charge in [-0.2, -0.15) is 26.3 Å². The van der Waals surface area contributed by atoms with Crippen molar-refractivity contribution in [1.82, 2.24) is 15.0 Å². The number of halogens is 8. The first-order valence-corrected chi connectivity index (χ1v) is 5.44. The van der Waals surface area contributed by atoms with Gasteiger partial charge in [0.25, 0.3) is 0 Å². The molecular weight excluding hydrogens is 335 g/mol. The van der Waals surface area contributed by atoms with Crippen molar-refractivity contribution < 1.29 is 26.3 Å². The lowest BCUT2D eigenvalue weighted by atomic mass is 10.2. The van der Waals surface area contributed by atoms with Gasteiger partial charge < -0.3 is 0 Å². The second kappa shape index (κ2) is 4.59. The molecular formula is C9HCl2F6N3. The molecule has 108 valence electrons. The van der Waals surface area contributed by atoms with Gasteiger partial charge in [-0.05, 0) is 6.07 Å². The summed E-state index contributed by atoms with van der Waals surface area (Å²) < 4.78 is 75.7. The molecule has 2 rings (SSSR count). The molecule has 0 N–H and O–H groups in total. The van der Waals surface area contributed by atoms with E-state index in [0.717, 1.165) is 6.07 Å². The van der Waals surface area contributed by atoms with Crippen molar-refractivity contribution in [3.8, 4) is 0 Å². The van der Waals surface area contributed by atoms with Crippen LogP contribution in [-0.4, -0.2) is 15.0 Å². The van der Waals surface area contributed by atoms with Gasteiger partial charge in [-0.3, -0.25) is 0 Å². The van der Waals surface area contributed by atoms with Crippen LogP contribution < -0.4 is 0 Å². The average Bonchev–Trinajstić information content (AvgIpc) is 2.26. The molecule has 2 heterocycles. The summed E-state index contributed by atoms with van der Waals surface area (Å²) in [6.07, 6.45) is -10.3. The van der Waals surface area contributed by atoms with Crippen molar-refractivity contribution in [1.29, 1.82) is 0 Å². The summed E-state index contributed by atoms with van der Waals surface area (Å²) in [6.45, 7) is 0. The first kappa shape index (κ1) is 15.0. The van der Waals surface area contributed by atoms with Crippen LogP contribution in [0, 0.1) is 0 Å². The van der Waals surface area contributed by atoms with Crippen LogP contribution in [0.25, 0.3) is 11.0 Å². The Labute approximate surface area is 116 Å². The Bertz CT molecular complexity index is 682. The summed E-state index contributed by atoms with van der Waals surface area (Å²) >= 11 is 11.0. The van der Waals surface area contributed by atoms with E-state index in [1.165, 1.54) is 0 Å². The van der Waals surface area contributed by atoms with E-state index in [1.807, 2.05) is 0 Å². The Balaban J connectivity index is 2.89. The summed E-state index contributed by atoms with van der Waals surface area (Å²) in [5.41, 5.74) is -2.62. The van der Waals surface area contributed by atoms with E-state index < -0.39 is 40.1 Å². The standard InChI is InChI=1S/C9HCl2F6N3/c10-3-1-2-4(8(12,13)14)18-7(9(15,16)17)20-6(2)19-5(3)11/h1H. The molecule has 0 saturated carbocycles. The molecule has 0 aliphatic rings. The highest BCUT2D eigenvalue weighted by atomic mass is 35.5. The maximum absolute atomic E-state index is 12.8. The topological polar surface area (TPSA) is 38.7 Å². The average molecular weight is 336 g/mol. The Kier molecular flexibility index (Phi) is 3.45. The number of hydrogen-bond donors (Lipinski definition) is 0. The molecule has 0 amide bonds. The quantitative estimate of drug-likeness (QED) is 0.530. The molecule has 0 aliphatic carbocycles. The monoisotopic (exact) mass is 335 g/mol. The zero-order valence-corrected chi connectivity index (χ0v) is 10.5. The maximum Gasteiger partial charge on any atom is 0.451 e. The molecule has 0 fully saturated rings. The zero-order chi connectivity index (χ0) is 15.3. The minimum atomic E-state index is -5.15. The van der Waals surface area contributed by atoms with E-state index in [1.54, 1.807) is 0 Å². The summed E-state index contributed by atoms with van der Waals surface area (Å²) in [6, 6.07) is 0.717. The second-order valence-corrected chi connectivity index (χ2v) is 4.29. The minimum absolute atomic E-state index is 0.354. The Morgan fingerprint density at radius 2 is 1.45 bits per heavy atom. The third-order valence-electron chi connectivity index (χ3n) is 2.12. The van der Waals surface area contributed by atoms with Crippen molar-refractivity contribution in [2.75, 3.05) is 0 Å². The van der Waals surface area contributed by atoms with Crippen LogP contribution in [0.2, 0.25) is 10.2 Å². The SMILES string of the molecule is FC(F)(F)c1nc(C(F)(F)F)c2cc(Cl)c(Cl)nc2n1. The van der Waals surface area contributed by atoms with Gasteiger partial charge in [-0.25, -0.2) is 15.0 Å². The first-order chi connectivity index (χ1) is 9.00. The summed E-state index contributed by atoms with van der Waals surface area (Å²) in [5, 5.41) is -1.58. The number of nitrogens with zero attached hydrogens (tertiary/aromatic N) is 3. The summed E-state index contributed by atoms with van der Waals surface area (Å²) in [5.74, 6) is -1.96. The van der Waals surface area contributed by atoms with Crippen molar-refractivity contribution in [2.24, 2.45) is 0 Å². The Hall–Kier alpha value is -1.35. The molecule has 0 radical (unpaired) electrons. The van der Waals surface area contributed by atoms with Crippen LogP contribution in [0.15, 0.2) is 6.07 Å². The zero-order valence-electron chi connectivity index (χ0n) is 8.94. The molecule has 0 saturated heterocycles. The molecule has 2 aromatic rings. The third kappa shape index (κ3) is 2.73. The van der Waals surface area contributed by atoms with Crippen LogP contribution in [-0.2, 0) is 12.4 Å². The Morgan fingerprint density at radius 3 is 1.95 bits per heavy atom. The normalized spacial score (nSPS) is 13.0. The predicted octanol–water partition coefficient (Wildman–Crippen LogP) is 4.37. The van der Waals surface area contributed by atoms with Crippen LogP contribution in [0.3, 0.4) is 0 Å². The van der Waals surface area contributed by atoms with Gasteiger partial charge in [-0.1, -0.05) is 23.2 Å². The van der Waals surface area contributed by atoms with E-state index in [-0.39, 0.29) is 5.02 Å². The number of aromatic nitrogens is 3. The fourth-order valence-electron chi connectivity index (χ4n) is 1.35. The molecule has 0 unspecified atom stereocenters. The lowest BCUT2D eigenvalue weighted by Crippen LogP contribution is -2.18. The van der Waals surface area contributed by atoms with Gasteiger partial charge in [0.15, 0.2) is 11.3 Å². The highest BCUT2D eigenvalue weighted by Gasteiger charge is 2.41. The van der Waals surface area contributed by atoms with Crippen molar-refractivity contribution >= 4 is 34.2 Å². The molecule has 0 atom stereocenters. The van der Waals surface area contributed by atoms with E-state index >= 15 is 0 Å². The third-order valence-corrected chi connectivity index (χ3v) is 2.79. The van der Waals surface area contributed by atoms with E-state index in [2.05, 4.69) is 15.0 Å². The van der Waals surface area contributed by atoms with E-state index in [9.17, 15) is 26.3 Å². The smallest absolute Gasteiger partial charge is 0.219 e. The summed E-state index contributed by atoms with van der Waals surface area (Å²) in [4.78, 5) is 8.75. The maximum atomic E-state index is 12.8. The van der Waals surface area contributed by atoms with E-state index in [0.29, 0.717) is 0 Å². The lowest BCUT2D eigenvalue weighted by Gasteiger charge is -2.12. The van der Waals surface area contributed by atoms with Crippen molar-refractivity contribution in [2.45, 2.75) is 12.4 Å². The number of hydrogen-bond acceptors (Lipinski definition) is 3. The molecule has 0 bridgehead atoms. The first-order valence-electron chi connectivity index (χ1n) is 4.68.